The summed E-state index contributed by atoms with van der Waals surface area (Å²) in [5.74, 6) is 0.930. The molecule has 2 aromatic rings. The molecule has 0 bridgehead atoms. The molecule has 4 rings (SSSR count). The van der Waals surface area contributed by atoms with Gasteiger partial charge in [-0.25, -0.2) is 0 Å². The van der Waals surface area contributed by atoms with Crippen LogP contribution in [0.25, 0.3) is 10.9 Å². The molecule has 2 heterocycles. The summed E-state index contributed by atoms with van der Waals surface area (Å²) in [5.41, 5.74) is 2.01. The summed E-state index contributed by atoms with van der Waals surface area (Å²) in [6.07, 6.45) is 6.35. The standard InChI is InChI=1S/C19H24N2O2/c1-13-11-19(8-3-4-9-19)12-21(13)18(22)16-10-14-15(20-16)6-5-7-17(14)23-2/h5-7,10,13,20H,3-4,8-9,11-12H2,1-2H3. The monoisotopic (exact) mass is 312 g/mol. The number of carbonyl (C=O) groups excluding carboxylic acids is 1. The third-order valence-corrected chi connectivity index (χ3v) is 5.77. The van der Waals surface area contributed by atoms with Crippen LogP contribution in [0, 0.1) is 5.41 Å². The van der Waals surface area contributed by atoms with Gasteiger partial charge in [0.25, 0.3) is 5.91 Å². The zero-order chi connectivity index (χ0) is 16.0. The molecule has 1 aliphatic carbocycles. The van der Waals surface area contributed by atoms with Crippen LogP contribution in [-0.2, 0) is 0 Å². The smallest absolute Gasteiger partial charge is 0.270 e. The number of carbonyl (C=O) groups is 1. The van der Waals surface area contributed by atoms with Crippen molar-refractivity contribution in [3.63, 3.8) is 0 Å². The van der Waals surface area contributed by atoms with Crippen molar-refractivity contribution < 1.29 is 9.53 Å². The van der Waals surface area contributed by atoms with Gasteiger partial charge in [0.2, 0.25) is 0 Å². The van der Waals surface area contributed by atoms with Crippen molar-refractivity contribution in [3.05, 3.63) is 30.0 Å². The van der Waals surface area contributed by atoms with Gasteiger partial charge in [-0.05, 0) is 49.8 Å². The van der Waals surface area contributed by atoms with E-state index >= 15 is 0 Å². The van der Waals surface area contributed by atoms with Gasteiger partial charge in [0.15, 0.2) is 0 Å². The first-order valence-corrected chi connectivity index (χ1v) is 8.59. The quantitative estimate of drug-likeness (QED) is 0.912. The maximum atomic E-state index is 13.0. The number of benzene rings is 1. The Balaban J connectivity index is 1.64. The van der Waals surface area contributed by atoms with Crippen LogP contribution in [0.2, 0.25) is 0 Å². The van der Waals surface area contributed by atoms with Gasteiger partial charge in [-0.3, -0.25) is 4.79 Å². The molecule has 1 saturated carbocycles. The summed E-state index contributed by atoms with van der Waals surface area (Å²) in [6.45, 7) is 3.10. The third-order valence-electron chi connectivity index (χ3n) is 5.77. The van der Waals surface area contributed by atoms with Crippen LogP contribution in [0.1, 0.15) is 49.5 Å². The number of fused-ring (bicyclic) bond motifs is 1. The molecule has 4 heteroatoms. The van der Waals surface area contributed by atoms with Gasteiger partial charge >= 0.3 is 0 Å². The summed E-state index contributed by atoms with van der Waals surface area (Å²) in [5, 5.41) is 0.973. The third kappa shape index (κ3) is 2.32. The largest absolute Gasteiger partial charge is 0.496 e. The van der Waals surface area contributed by atoms with Crippen LogP contribution < -0.4 is 4.74 Å². The van der Waals surface area contributed by atoms with Crippen LogP contribution in [0.3, 0.4) is 0 Å². The lowest BCUT2D eigenvalue weighted by Gasteiger charge is -2.23. The summed E-state index contributed by atoms with van der Waals surface area (Å²) >= 11 is 0. The fraction of sp³-hybridized carbons (Fsp3) is 0.526. The lowest BCUT2D eigenvalue weighted by atomic mass is 9.84. The van der Waals surface area contributed by atoms with E-state index in [0.717, 1.165) is 29.6 Å². The highest BCUT2D eigenvalue weighted by atomic mass is 16.5. The Bertz CT molecular complexity index is 743. The highest BCUT2D eigenvalue weighted by Gasteiger charge is 2.45. The molecule has 1 aliphatic heterocycles. The number of hydrogen-bond acceptors (Lipinski definition) is 2. The minimum atomic E-state index is 0.125. The van der Waals surface area contributed by atoms with Gasteiger partial charge in [0.05, 0.1) is 7.11 Å². The molecule has 1 amide bonds. The number of aromatic amines is 1. The Kier molecular flexibility index (Phi) is 3.36. The first kappa shape index (κ1) is 14.6. The lowest BCUT2D eigenvalue weighted by molar-refractivity contribution is 0.0727. The van der Waals surface area contributed by atoms with Crippen molar-refractivity contribution in [1.29, 1.82) is 0 Å². The summed E-state index contributed by atoms with van der Waals surface area (Å²) in [6, 6.07) is 8.12. The van der Waals surface area contributed by atoms with E-state index in [-0.39, 0.29) is 5.91 Å². The zero-order valence-corrected chi connectivity index (χ0v) is 13.9. The zero-order valence-electron chi connectivity index (χ0n) is 13.9. The number of nitrogens with zero attached hydrogens (tertiary/aromatic N) is 1. The first-order valence-electron chi connectivity index (χ1n) is 8.59. The summed E-state index contributed by atoms with van der Waals surface area (Å²) in [7, 11) is 1.66. The predicted molar refractivity (Wildman–Crippen MR) is 90.9 cm³/mol. The molecule has 23 heavy (non-hydrogen) atoms. The molecule has 2 fully saturated rings. The number of H-pyrrole nitrogens is 1. The maximum absolute atomic E-state index is 13.0. The molecule has 0 radical (unpaired) electrons. The first-order chi connectivity index (χ1) is 11.1. The van der Waals surface area contributed by atoms with Gasteiger partial charge in [-0.2, -0.15) is 0 Å². The van der Waals surface area contributed by atoms with Gasteiger partial charge in [-0.15, -0.1) is 0 Å². The van der Waals surface area contributed by atoms with Gasteiger partial charge in [-0.1, -0.05) is 18.9 Å². The maximum Gasteiger partial charge on any atom is 0.270 e. The van der Waals surface area contributed by atoms with Gasteiger partial charge < -0.3 is 14.6 Å². The number of nitrogens with one attached hydrogen (secondary N) is 1. The Morgan fingerprint density at radius 2 is 2.13 bits per heavy atom. The number of amides is 1. The van der Waals surface area contributed by atoms with Crippen LogP contribution in [0.5, 0.6) is 5.75 Å². The number of likely N-dealkylation sites (tertiary alicyclic amines) is 1. The van der Waals surface area contributed by atoms with Crippen molar-refractivity contribution in [1.82, 2.24) is 9.88 Å². The summed E-state index contributed by atoms with van der Waals surface area (Å²) < 4.78 is 5.40. The van der Waals surface area contributed by atoms with Crippen LogP contribution in [0.4, 0.5) is 0 Å². The molecule has 1 saturated heterocycles. The van der Waals surface area contributed by atoms with E-state index in [2.05, 4.69) is 16.8 Å². The number of hydrogen-bond donors (Lipinski definition) is 1. The van der Waals surface area contributed by atoms with E-state index in [1.54, 1.807) is 7.11 Å². The second-order valence-corrected chi connectivity index (χ2v) is 7.30. The number of rotatable bonds is 2. The van der Waals surface area contributed by atoms with Crippen molar-refractivity contribution >= 4 is 16.8 Å². The number of ether oxygens (including phenoxy) is 1. The van der Waals surface area contributed by atoms with Crippen molar-refractivity contribution in [2.45, 2.75) is 45.1 Å². The van der Waals surface area contributed by atoms with Gasteiger partial charge in [0, 0.05) is 23.5 Å². The molecule has 122 valence electrons. The van der Waals surface area contributed by atoms with E-state index in [1.165, 1.54) is 25.7 Å². The lowest BCUT2D eigenvalue weighted by Crippen LogP contribution is -2.35. The predicted octanol–water partition coefficient (Wildman–Crippen LogP) is 3.97. The molecule has 2 aliphatic rings. The van der Waals surface area contributed by atoms with E-state index < -0.39 is 0 Å². The molecule has 1 aromatic carbocycles. The molecule has 1 N–H and O–H groups in total. The van der Waals surface area contributed by atoms with Crippen LogP contribution >= 0.6 is 0 Å². The highest BCUT2D eigenvalue weighted by Crippen LogP contribution is 2.48. The SMILES string of the molecule is COc1cccc2[nH]c(C(=O)N3CC4(CCCC4)CC3C)cc12. The molecule has 4 nitrogen and oxygen atoms in total. The van der Waals surface area contributed by atoms with Crippen LogP contribution in [0.15, 0.2) is 24.3 Å². The molecule has 1 unspecified atom stereocenters. The molecule has 1 spiro atoms. The molecular weight excluding hydrogens is 288 g/mol. The summed E-state index contributed by atoms with van der Waals surface area (Å²) in [4.78, 5) is 18.4. The van der Waals surface area contributed by atoms with Crippen molar-refractivity contribution in [2.24, 2.45) is 5.41 Å². The topological polar surface area (TPSA) is 45.3 Å². The number of methoxy groups -OCH3 is 1. The Hall–Kier alpha value is -1.97. The normalized spacial score (nSPS) is 23.0. The van der Waals surface area contributed by atoms with E-state index in [1.807, 2.05) is 24.3 Å². The fourth-order valence-electron chi connectivity index (χ4n) is 4.65. The van der Waals surface area contributed by atoms with Gasteiger partial charge in [0.1, 0.15) is 11.4 Å². The van der Waals surface area contributed by atoms with E-state index in [4.69, 9.17) is 4.74 Å². The minimum Gasteiger partial charge on any atom is -0.496 e. The van der Waals surface area contributed by atoms with Crippen molar-refractivity contribution in [3.8, 4) is 5.75 Å². The van der Waals surface area contributed by atoms with Crippen molar-refractivity contribution in [2.75, 3.05) is 13.7 Å². The minimum absolute atomic E-state index is 0.125. The number of aromatic nitrogens is 1. The Morgan fingerprint density at radius 3 is 2.87 bits per heavy atom. The second kappa shape index (κ2) is 5.29. The second-order valence-electron chi connectivity index (χ2n) is 7.30. The molecule has 1 atom stereocenters. The fourth-order valence-corrected chi connectivity index (χ4v) is 4.65. The average molecular weight is 312 g/mol. The van der Waals surface area contributed by atoms with E-state index in [9.17, 15) is 4.79 Å². The molecule has 1 aromatic heterocycles. The highest BCUT2D eigenvalue weighted by molar-refractivity contribution is 6.00. The van der Waals surface area contributed by atoms with E-state index in [0.29, 0.717) is 17.2 Å². The Labute approximate surface area is 136 Å². The average Bonchev–Trinajstić information content (AvgIpc) is 3.25. The Morgan fingerprint density at radius 1 is 1.35 bits per heavy atom. The molecular formula is C19H24N2O2. The van der Waals surface area contributed by atoms with Crippen LogP contribution in [-0.4, -0.2) is 35.5 Å².